The summed E-state index contributed by atoms with van der Waals surface area (Å²) in [7, 11) is 0. The van der Waals surface area contributed by atoms with Gasteiger partial charge in [0.2, 0.25) is 0 Å². The van der Waals surface area contributed by atoms with Gasteiger partial charge in [-0.1, -0.05) is 6.07 Å². The molecule has 1 unspecified atom stereocenters. The van der Waals surface area contributed by atoms with Crippen molar-refractivity contribution in [2.24, 2.45) is 11.7 Å². The standard InChI is InChI=1S/C15H18F4N2O/c1-9(20)10-5-7-21(8-6-10)14(22)11-3-2-4-12(13(11)16)15(17,18)19/h2-4,9-10H,5-8,20H2,1H3. The first kappa shape index (κ1) is 16.7. The van der Waals surface area contributed by atoms with Crippen molar-refractivity contribution in [3.63, 3.8) is 0 Å². The van der Waals surface area contributed by atoms with E-state index in [9.17, 15) is 22.4 Å². The third-order valence-electron chi connectivity index (χ3n) is 4.10. The first-order valence-electron chi connectivity index (χ1n) is 7.12. The van der Waals surface area contributed by atoms with E-state index in [4.69, 9.17) is 5.73 Å². The molecule has 3 nitrogen and oxygen atoms in total. The van der Waals surface area contributed by atoms with Crippen LogP contribution in [0.1, 0.15) is 35.7 Å². The van der Waals surface area contributed by atoms with Gasteiger partial charge in [-0.05, 0) is 37.8 Å². The number of piperidine rings is 1. The Labute approximate surface area is 126 Å². The molecule has 122 valence electrons. The zero-order valence-electron chi connectivity index (χ0n) is 12.2. The molecule has 1 aromatic carbocycles. The molecule has 1 saturated heterocycles. The number of rotatable bonds is 2. The van der Waals surface area contributed by atoms with Crippen LogP contribution in [0.5, 0.6) is 0 Å². The van der Waals surface area contributed by atoms with Crippen LogP contribution in [-0.2, 0) is 6.18 Å². The van der Waals surface area contributed by atoms with Crippen molar-refractivity contribution in [3.05, 3.63) is 35.1 Å². The number of hydrogen-bond donors (Lipinski definition) is 1. The van der Waals surface area contributed by atoms with Gasteiger partial charge < -0.3 is 10.6 Å². The van der Waals surface area contributed by atoms with Gasteiger partial charge in [-0.2, -0.15) is 13.2 Å². The van der Waals surface area contributed by atoms with E-state index in [1.807, 2.05) is 6.92 Å². The summed E-state index contributed by atoms with van der Waals surface area (Å²) in [5.41, 5.74) is 3.86. The molecule has 1 atom stereocenters. The highest BCUT2D eigenvalue weighted by atomic mass is 19.4. The largest absolute Gasteiger partial charge is 0.419 e. The Bertz CT molecular complexity index is 549. The van der Waals surface area contributed by atoms with Gasteiger partial charge in [-0.3, -0.25) is 4.79 Å². The molecule has 1 aliphatic rings. The minimum absolute atomic E-state index is 0.00236. The quantitative estimate of drug-likeness (QED) is 0.852. The normalized spacial score (nSPS) is 18.4. The highest BCUT2D eigenvalue weighted by Gasteiger charge is 2.36. The lowest BCUT2D eigenvalue weighted by Gasteiger charge is -2.33. The second kappa shape index (κ2) is 6.24. The van der Waals surface area contributed by atoms with Crippen LogP contribution in [0.15, 0.2) is 18.2 Å². The van der Waals surface area contributed by atoms with Crippen LogP contribution in [0.4, 0.5) is 17.6 Å². The van der Waals surface area contributed by atoms with Crippen LogP contribution in [0.2, 0.25) is 0 Å². The summed E-state index contributed by atoms with van der Waals surface area (Å²) in [6.07, 6.45) is -3.48. The van der Waals surface area contributed by atoms with E-state index >= 15 is 0 Å². The molecule has 1 aromatic rings. The van der Waals surface area contributed by atoms with Crippen molar-refractivity contribution in [2.45, 2.75) is 32.0 Å². The Morgan fingerprint density at radius 3 is 2.41 bits per heavy atom. The van der Waals surface area contributed by atoms with Crippen molar-refractivity contribution in [1.29, 1.82) is 0 Å². The molecule has 0 saturated carbocycles. The van der Waals surface area contributed by atoms with Crippen LogP contribution >= 0.6 is 0 Å². The van der Waals surface area contributed by atoms with Crippen LogP contribution in [0, 0.1) is 11.7 Å². The molecule has 1 aliphatic heterocycles. The third-order valence-corrected chi connectivity index (χ3v) is 4.10. The number of hydrogen-bond acceptors (Lipinski definition) is 2. The molecule has 22 heavy (non-hydrogen) atoms. The maximum Gasteiger partial charge on any atom is 0.419 e. The minimum Gasteiger partial charge on any atom is -0.339 e. The van der Waals surface area contributed by atoms with Crippen molar-refractivity contribution in [3.8, 4) is 0 Å². The van der Waals surface area contributed by atoms with Gasteiger partial charge in [0.05, 0.1) is 11.1 Å². The summed E-state index contributed by atoms with van der Waals surface area (Å²) in [4.78, 5) is 13.6. The summed E-state index contributed by atoms with van der Waals surface area (Å²) in [5, 5.41) is 0. The van der Waals surface area contributed by atoms with E-state index < -0.39 is 29.0 Å². The molecule has 2 rings (SSSR count). The zero-order valence-corrected chi connectivity index (χ0v) is 12.2. The van der Waals surface area contributed by atoms with Gasteiger partial charge in [0.15, 0.2) is 0 Å². The molecule has 2 N–H and O–H groups in total. The molecular weight excluding hydrogens is 300 g/mol. The molecule has 0 radical (unpaired) electrons. The number of halogens is 4. The summed E-state index contributed by atoms with van der Waals surface area (Å²) >= 11 is 0. The van der Waals surface area contributed by atoms with E-state index in [1.165, 1.54) is 4.90 Å². The topological polar surface area (TPSA) is 46.3 Å². The highest BCUT2D eigenvalue weighted by molar-refractivity contribution is 5.94. The fraction of sp³-hybridized carbons (Fsp3) is 0.533. The van der Waals surface area contributed by atoms with Crippen molar-refractivity contribution in [1.82, 2.24) is 4.90 Å². The molecule has 1 amide bonds. The molecule has 0 aliphatic carbocycles. The maximum absolute atomic E-state index is 14.0. The van der Waals surface area contributed by atoms with Crippen molar-refractivity contribution in [2.75, 3.05) is 13.1 Å². The van der Waals surface area contributed by atoms with Gasteiger partial charge in [-0.15, -0.1) is 0 Å². The van der Waals surface area contributed by atoms with Crippen LogP contribution in [0.25, 0.3) is 0 Å². The van der Waals surface area contributed by atoms with Gasteiger partial charge >= 0.3 is 6.18 Å². The van der Waals surface area contributed by atoms with Crippen LogP contribution in [-0.4, -0.2) is 29.9 Å². The van der Waals surface area contributed by atoms with Crippen molar-refractivity contribution >= 4 is 5.91 Å². The monoisotopic (exact) mass is 318 g/mol. The Hall–Kier alpha value is -1.63. The van der Waals surface area contributed by atoms with E-state index in [-0.39, 0.29) is 12.0 Å². The van der Waals surface area contributed by atoms with Crippen LogP contribution < -0.4 is 5.73 Å². The Balaban J connectivity index is 2.18. The average Bonchev–Trinajstić information content (AvgIpc) is 2.45. The molecule has 1 heterocycles. The Morgan fingerprint density at radius 2 is 1.91 bits per heavy atom. The first-order valence-corrected chi connectivity index (χ1v) is 7.12. The lowest BCUT2D eigenvalue weighted by atomic mass is 9.90. The second-order valence-electron chi connectivity index (χ2n) is 5.65. The lowest BCUT2D eigenvalue weighted by Crippen LogP contribution is -2.42. The first-order chi connectivity index (χ1) is 10.2. The zero-order chi connectivity index (χ0) is 16.5. The number of alkyl halides is 3. The predicted molar refractivity (Wildman–Crippen MR) is 73.7 cm³/mol. The smallest absolute Gasteiger partial charge is 0.339 e. The van der Waals surface area contributed by atoms with Crippen molar-refractivity contribution < 1.29 is 22.4 Å². The Kier molecular flexibility index (Phi) is 4.75. The second-order valence-corrected chi connectivity index (χ2v) is 5.65. The number of carbonyl (C=O) groups excluding carboxylic acids is 1. The van der Waals surface area contributed by atoms with Gasteiger partial charge in [0.25, 0.3) is 5.91 Å². The molecule has 0 aromatic heterocycles. The van der Waals surface area contributed by atoms with Crippen LogP contribution in [0.3, 0.4) is 0 Å². The number of likely N-dealkylation sites (tertiary alicyclic amines) is 1. The fourth-order valence-electron chi connectivity index (χ4n) is 2.71. The number of amides is 1. The summed E-state index contributed by atoms with van der Waals surface area (Å²) in [5.74, 6) is -1.93. The Morgan fingerprint density at radius 1 is 1.32 bits per heavy atom. The summed E-state index contributed by atoms with van der Waals surface area (Å²) in [6.45, 7) is 2.63. The average molecular weight is 318 g/mol. The van der Waals surface area contributed by atoms with Gasteiger partial charge in [0.1, 0.15) is 5.82 Å². The predicted octanol–water partition coefficient (Wildman–Crippen LogP) is 3.04. The lowest BCUT2D eigenvalue weighted by molar-refractivity contribution is -0.140. The van der Waals surface area contributed by atoms with E-state index in [0.717, 1.165) is 12.1 Å². The highest BCUT2D eigenvalue weighted by Crippen LogP contribution is 2.33. The molecule has 7 heteroatoms. The number of carbonyl (C=O) groups is 1. The molecule has 0 spiro atoms. The van der Waals surface area contributed by atoms with E-state index in [2.05, 4.69) is 0 Å². The number of nitrogens with zero attached hydrogens (tertiary/aromatic N) is 1. The number of benzene rings is 1. The fourth-order valence-corrected chi connectivity index (χ4v) is 2.71. The summed E-state index contributed by atoms with van der Waals surface area (Å²) < 4.78 is 52.1. The maximum atomic E-state index is 14.0. The van der Waals surface area contributed by atoms with Gasteiger partial charge in [0, 0.05) is 19.1 Å². The van der Waals surface area contributed by atoms with E-state index in [0.29, 0.717) is 32.0 Å². The van der Waals surface area contributed by atoms with Gasteiger partial charge in [-0.25, -0.2) is 4.39 Å². The molecule has 1 fully saturated rings. The number of nitrogens with two attached hydrogens (primary N) is 1. The summed E-state index contributed by atoms with van der Waals surface area (Å²) in [6, 6.07) is 2.77. The minimum atomic E-state index is -4.82. The SMILES string of the molecule is CC(N)C1CCN(C(=O)c2cccc(C(F)(F)F)c2F)CC1. The third kappa shape index (κ3) is 3.40. The molecular formula is C15H18F4N2O. The van der Waals surface area contributed by atoms with E-state index in [1.54, 1.807) is 0 Å². The molecule has 0 bridgehead atoms.